The molecule has 4 atom stereocenters. The van der Waals surface area contributed by atoms with Crippen LogP contribution in [-0.4, -0.2) is 51.0 Å². The Bertz CT molecular complexity index is 238. The van der Waals surface area contributed by atoms with E-state index in [2.05, 4.69) is 71.1 Å². The second kappa shape index (κ2) is 9.48. The molecule has 0 saturated heterocycles. The number of rotatable bonds is 10. The van der Waals surface area contributed by atoms with E-state index in [0.717, 1.165) is 0 Å². The zero-order chi connectivity index (χ0) is 16.8. The SMILES string of the molecule is CCC(C)N(C(C)CC)[Si](C)([SiH3])N(C(C)CC)C(C)CC. The average molecular weight is 331 g/mol. The summed E-state index contributed by atoms with van der Waals surface area (Å²) in [4.78, 5) is 0. The lowest BCUT2D eigenvalue weighted by Gasteiger charge is -2.54. The molecule has 21 heavy (non-hydrogen) atoms. The highest BCUT2D eigenvalue weighted by Gasteiger charge is 2.43. The van der Waals surface area contributed by atoms with Gasteiger partial charge in [-0.05, 0) is 32.2 Å². The van der Waals surface area contributed by atoms with Gasteiger partial charge in [-0.25, -0.2) is 0 Å². The average Bonchev–Trinajstić information content (AvgIpc) is 2.45. The second-order valence-corrected chi connectivity index (χ2v) is 17.0. The quantitative estimate of drug-likeness (QED) is 0.563. The van der Waals surface area contributed by atoms with Gasteiger partial charge < -0.3 is 9.13 Å². The van der Waals surface area contributed by atoms with Gasteiger partial charge in [0.1, 0.15) is 0 Å². The molecule has 0 aliphatic rings. The zero-order valence-corrected chi connectivity index (χ0v) is 19.5. The van der Waals surface area contributed by atoms with Gasteiger partial charge in [0.2, 0.25) is 0 Å². The second-order valence-electron chi connectivity index (χ2n) is 7.34. The summed E-state index contributed by atoms with van der Waals surface area (Å²) in [6.45, 7) is 21.8. The molecule has 0 rings (SSSR count). The predicted molar refractivity (Wildman–Crippen MR) is 104 cm³/mol. The van der Waals surface area contributed by atoms with E-state index in [0.29, 0.717) is 24.2 Å². The summed E-state index contributed by atoms with van der Waals surface area (Å²) in [5, 5.41) is 0. The summed E-state index contributed by atoms with van der Waals surface area (Å²) in [5.74, 6) is 0. The molecular formula is C17H42N2Si2. The van der Waals surface area contributed by atoms with Gasteiger partial charge in [0.25, 0.3) is 0 Å². The third-order valence-corrected chi connectivity index (χ3v) is 12.9. The molecule has 0 N–H and O–H groups in total. The molecule has 0 aromatic rings. The van der Waals surface area contributed by atoms with Gasteiger partial charge in [-0.15, -0.1) is 0 Å². The van der Waals surface area contributed by atoms with E-state index in [1.807, 2.05) is 0 Å². The topological polar surface area (TPSA) is 6.48 Å². The third kappa shape index (κ3) is 5.19. The molecule has 0 aromatic heterocycles. The van der Waals surface area contributed by atoms with Crippen molar-refractivity contribution in [1.82, 2.24) is 9.13 Å². The molecule has 128 valence electrons. The molecule has 0 fully saturated rings. The Labute approximate surface area is 139 Å². The van der Waals surface area contributed by atoms with Crippen LogP contribution in [0.2, 0.25) is 6.55 Å². The molecule has 0 amide bonds. The Morgan fingerprint density at radius 1 is 0.667 bits per heavy atom. The number of hydrogen-bond acceptors (Lipinski definition) is 2. The van der Waals surface area contributed by atoms with Crippen LogP contribution in [-0.2, 0) is 0 Å². The van der Waals surface area contributed by atoms with Crippen molar-refractivity contribution in [3.05, 3.63) is 0 Å². The largest absolute Gasteiger partial charge is 0.310 e. The molecule has 0 spiro atoms. The maximum Gasteiger partial charge on any atom is 0.178 e. The first-order chi connectivity index (χ1) is 9.68. The minimum Gasteiger partial charge on any atom is -0.310 e. The molecular weight excluding hydrogens is 288 g/mol. The van der Waals surface area contributed by atoms with Crippen LogP contribution < -0.4 is 0 Å². The van der Waals surface area contributed by atoms with Gasteiger partial charge in [-0.3, -0.25) is 0 Å². The standard InChI is InChI=1S/C17H42N2Si2/c1-10-14(5)18(15(6)11-2)21(9,20)19(16(7)12-3)17(8)13-4/h14-17H,10-13H2,1-9,20H3. The van der Waals surface area contributed by atoms with Crippen LogP contribution in [0, 0.1) is 0 Å². The smallest absolute Gasteiger partial charge is 0.178 e. The molecule has 0 heterocycles. The monoisotopic (exact) mass is 330 g/mol. The van der Waals surface area contributed by atoms with E-state index in [1.165, 1.54) is 35.4 Å². The van der Waals surface area contributed by atoms with E-state index in [1.54, 1.807) is 0 Å². The Hall–Kier alpha value is 0.354. The van der Waals surface area contributed by atoms with Crippen LogP contribution in [0.3, 0.4) is 0 Å². The van der Waals surface area contributed by atoms with Gasteiger partial charge in [0.05, 0.1) is 0 Å². The first-order valence-corrected chi connectivity index (χ1v) is 15.1. The zero-order valence-electron chi connectivity index (χ0n) is 16.5. The van der Waals surface area contributed by atoms with Crippen molar-refractivity contribution in [2.45, 2.75) is 112 Å². The highest BCUT2D eigenvalue weighted by molar-refractivity contribution is 7.13. The van der Waals surface area contributed by atoms with E-state index >= 15 is 0 Å². The number of nitrogens with zero attached hydrogens (tertiary/aromatic N) is 2. The maximum atomic E-state index is 2.96. The summed E-state index contributed by atoms with van der Waals surface area (Å²) in [6, 6.07) is 2.85. The van der Waals surface area contributed by atoms with Gasteiger partial charge in [0, 0.05) is 33.9 Å². The molecule has 2 nitrogen and oxygen atoms in total. The van der Waals surface area contributed by atoms with Gasteiger partial charge in [-0.2, -0.15) is 0 Å². The molecule has 0 saturated carbocycles. The Balaban J connectivity index is 5.66. The summed E-state index contributed by atoms with van der Waals surface area (Å²) in [5.41, 5.74) is 0. The van der Waals surface area contributed by atoms with E-state index < -0.39 is 7.91 Å². The lowest BCUT2D eigenvalue weighted by molar-refractivity contribution is 0.183. The fraction of sp³-hybridized carbons (Fsp3) is 1.00. The van der Waals surface area contributed by atoms with Gasteiger partial charge in [0.15, 0.2) is 7.91 Å². The Morgan fingerprint density at radius 3 is 1.00 bits per heavy atom. The van der Waals surface area contributed by atoms with Crippen LogP contribution in [0.15, 0.2) is 0 Å². The van der Waals surface area contributed by atoms with E-state index in [9.17, 15) is 0 Å². The highest BCUT2D eigenvalue weighted by Crippen LogP contribution is 2.27. The van der Waals surface area contributed by atoms with Crippen LogP contribution >= 0.6 is 0 Å². The van der Waals surface area contributed by atoms with Gasteiger partial charge in [-0.1, -0.05) is 55.4 Å². The molecule has 0 aromatic carbocycles. The van der Waals surface area contributed by atoms with Crippen molar-refractivity contribution < 1.29 is 0 Å². The fourth-order valence-electron chi connectivity index (χ4n) is 3.95. The van der Waals surface area contributed by atoms with Crippen molar-refractivity contribution in [3.63, 3.8) is 0 Å². The van der Waals surface area contributed by atoms with Crippen molar-refractivity contribution in [2.75, 3.05) is 0 Å². The molecule has 4 heteroatoms. The van der Waals surface area contributed by atoms with Crippen molar-refractivity contribution in [3.8, 4) is 0 Å². The predicted octanol–water partition coefficient (Wildman–Crippen LogP) is 3.72. The summed E-state index contributed by atoms with van der Waals surface area (Å²) in [7, 11) is -0.178. The minimum atomic E-state index is -1.49. The van der Waals surface area contributed by atoms with Crippen LogP contribution in [0.5, 0.6) is 0 Å². The van der Waals surface area contributed by atoms with Crippen LogP contribution in [0.4, 0.5) is 0 Å². The highest BCUT2D eigenvalue weighted by atomic mass is 29.2. The molecule has 4 unspecified atom stereocenters. The molecule has 0 radical (unpaired) electrons. The molecule has 0 aliphatic heterocycles. The lowest BCUT2D eigenvalue weighted by atomic mass is 10.2. The number of hydrogen-bond donors (Lipinski definition) is 0. The fourth-order valence-corrected chi connectivity index (χ4v) is 14.5. The molecule has 0 aliphatic carbocycles. The summed E-state index contributed by atoms with van der Waals surface area (Å²) in [6.07, 6.45) is 5.07. The van der Waals surface area contributed by atoms with Crippen molar-refractivity contribution >= 4 is 17.7 Å². The third-order valence-electron chi connectivity index (χ3n) is 5.53. The molecule has 0 bridgehead atoms. The lowest BCUT2D eigenvalue weighted by Crippen LogP contribution is -2.72. The summed E-state index contributed by atoms with van der Waals surface area (Å²) < 4.78 is 5.91. The first kappa shape index (κ1) is 21.4. The Kier molecular flexibility index (Phi) is 9.64. The normalized spacial score (nSPS) is 21.3. The first-order valence-electron chi connectivity index (χ1n) is 9.25. The Morgan fingerprint density at radius 2 is 0.857 bits per heavy atom. The van der Waals surface area contributed by atoms with Gasteiger partial charge >= 0.3 is 0 Å². The van der Waals surface area contributed by atoms with E-state index in [4.69, 9.17) is 0 Å². The minimum absolute atomic E-state index is 0.713. The van der Waals surface area contributed by atoms with E-state index in [-0.39, 0.29) is 0 Å². The van der Waals surface area contributed by atoms with Crippen LogP contribution in [0.25, 0.3) is 0 Å². The maximum absolute atomic E-state index is 2.96. The summed E-state index contributed by atoms with van der Waals surface area (Å²) >= 11 is 0. The van der Waals surface area contributed by atoms with Crippen molar-refractivity contribution in [2.24, 2.45) is 0 Å². The van der Waals surface area contributed by atoms with Crippen molar-refractivity contribution in [1.29, 1.82) is 0 Å². The van der Waals surface area contributed by atoms with Crippen LogP contribution in [0.1, 0.15) is 81.1 Å².